The number of hydrogen-bond donors (Lipinski definition) is 1. The zero-order valence-corrected chi connectivity index (χ0v) is 8.95. The standard InChI is InChI=1S/C11H21NO2/c1-8(14-12)13-5-4-11-7-9-2-3-10(11)6-9/h8-11H,2-7,12H2,1H3. The van der Waals surface area contributed by atoms with Gasteiger partial charge in [-0.25, -0.2) is 5.90 Å². The predicted molar refractivity (Wildman–Crippen MR) is 54.2 cm³/mol. The maximum Gasteiger partial charge on any atom is 0.174 e. The molecule has 2 saturated carbocycles. The summed E-state index contributed by atoms with van der Waals surface area (Å²) in [5.41, 5.74) is 0. The van der Waals surface area contributed by atoms with Crippen LogP contribution < -0.4 is 5.90 Å². The maximum atomic E-state index is 5.41. The first-order chi connectivity index (χ1) is 6.79. The fourth-order valence-electron chi connectivity index (χ4n) is 3.15. The van der Waals surface area contributed by atoms with Gasteiger partial charge >= 0.3 is 0 Å². The lowest BCUT2D eigenvalue weighted by Gasteiger charge is -2.21. The van der Waals surface area contributed by atoms with Crippen LogP contribution in [0.4, 0.5) is 0 Å². The molecule has 2 aliphatic carbocycles. The Morgan fingerprint density at radius 3 is 2.79 bits per heavy atom. The van der Waals surface area contributed by atoms with Gasteiger partial charge in [0.1, 0.15) is 0 Å². The monoisotopic (exact) mass is 199 g/mol. The number of nitrogens with two attached hydrogens (primary N) is 1. The van der Waals surface area contributed by atoms with Gasteiger partial charge in [0.2, 0.25) is 0 Å². The summed E-state index contributed by atoms with van der Waals surface area (Å²) in [6.07, 6.45) is 6.78. The minimum atomic E-state index is -0.256. The molecule has 0 heterocycles. The van der Waals surface area contributed by atoms with Crippen molar-refractivity contribution >= 4 is 0 Å². The van der Waals surface area contributed by atoms with Gasteiger partial charge in [-0.05, 0) is 50.4 Å². The summed E-state index contributed by atoms with van der Waals surface area (Å²) < 4.78 is 5.41. The molecule has 0 aromatic carbocycles. The zero-order valence-electron chi connectivity index (χ0n) is 8.95. The van der Waals surface area contributed by atoms with Gasteiger partial charge in [0, 0.05) is 0 Å². The van der Waals surface area contributed by atoms with E-state index < -0.39 is 0 Å². The summed E-state index contributed by atoms with van der Waals surface area (Å²) in [6.45, 7) is 2.63. The molecule has 3 nitrogen and oxygen atoms in total. The van der Waals surface area contributed by atoms with E-state index in [-0.39, 0.29) is 6.29 Å². The Hall–Kier alpha value is -0.120. The number of ether oxygens (including phenoxy) is 1. The topological polar surface area (TPSA) is 44.5 Å². The number of fused-ring (bicyclic) bond motifs is 2. The molecular formula is C11H21NO2. The highest BCUT2D eigenvalue weighted by Gasteiger charge is 2.38. The summed E-state index contributed by atoms with van der Waals surface area (Å²) in [4.78, 5) is 4.55. The predicted octanol–water partition coefficient (Wildman–Crippen LogP) is 2.07. The molecule has 0 aromatic heterocycles. The summed E-state index contributed by atoms with van der Waals surface area (Å²) in [5.74, 6) is 7.95. The summed E-state index contributed by atoms with van der Waals surface area (Å²) in [7, 11) is 0. The largest absolute Gasteiger partial charge is 0.351 e. The SMILES string of the molecule is CC(ON)OCCC1CC2CCC1C2. The van der Waals surface area contributed by atoms with Crippen molar-refractivity contribution in [1.29, 1.82) is 0 Å². The molecule has 0 spiro atoms. The van der Waals surface area contributed by atoms with E-state index in [4.69, 9.17) is 10.6 Å². The maximum absolute atomic E-state index is 5.41. The lowest BCUT2D eigenvalue weighted by Crippen LogP contribution is -2.20. The molecule has 2 rings (SSSR count). The fraction of sp³-hybridized carbons (Fsp3) is 1.00. The molecule has 0 aliphatic heterocycles. The highest BCUT2D eigenvalue weighted by Crippen LogP contribution is 2.49. The Bertz CT molecular complexity index is 186. The van der Waals surface area contributed by atoms with E-state index in [0.29, 0.717) is 0 Å². The minimum absolute atomic E-state index is 0.256. The van der Waals surface area contributed by atoms with Crippen molar-refractivity contribution in [2.45, 2.75) is 45.3 Å². The van der Waals surface area contributed by atoms with Gasteiger partial charge in [-0.1, -0.05) is 6.42 Å². The second-order valence-corrected chi connectivity index (χ2v) is 4.80. The summed E-state index contributed by atoms with van der Waals surface area (Å²) in [6, 6.07) is 0. The van der Waals surface area contributed by atoms with Gasteiger partial charge in [-0.3, -0.25) is 4.84 Å². The molecular weight excluding hydrogens is 178 g/mol. The van der Waals surface area contributed by atoms with E-state index >= 15 is 0 Å². The van der Waals surface area contributed by atoms with Crippen molar-refractivity contribution < 1.29 is 9.57 Å². The first-order valence-corrected chi connectivity index (χ1v) is 5.76. The van der Waals surface area contributed by atoms with E-state index in [2.05, 4.69) is 4.84 Å². The molecule has 4 atom stereocenters. The van der Waals surface area contributed by atoms with Crippen LogP contribution in [-0.2, 0) is 9.57 Å². The summed E-state index contributed by atoms with van der Waals surface area (Å²) >= 11 is 0. The van der Waals surface area contributed by atoms with Crippen LogP contribution in [0.15, 0.2) is 0 Å². The van der Waals surface area contributed by atoms with E-state index in [0.717, 1.165) is 24.4 Å². The minimum Gasteiger partial charge on any atom is -0.351 e. The smallest absolute Gasteiger partial charge is 0.174 e. The second kappa shape index (κ2) is 4.60. The lowest BCUT2D eigenvalue weighted by molar-refractivity contribution is -0.135. The van der Waals surface area contributed by atoms with Crippen LogP contribution in [0.5, 0.6) is 0 Å². The highest BCUT2D eigenvalue weighted by atomic mass is 16.7. The molecule has 2 bridgehead atoms. The average molecular weight is 199 g/mol. The van der Waals surface area contributed by atoms with Crippen molar-refractivity contribution in [1.82, 2.24) is 0 Å². The fourth-order valence-corrected chi connectivity index (χ4v) is 3.15. The Labute approximate surface area is 85.9 Å². The molecule has 2 aliphatic rings. The van der Waals surface area contributed by atoms with Crippen LogP contribution in [-0.4, -0.2) is 12.9 Å². The molecule has 82 valence electrons. The van der Waals surface area contributed by atoms with Crippen molar-refractivity contribution in [3.8, 4) is 0 Å². The normalized spacial score (nSPS) is 37.7. The lowest BCUT2D eigenvalue weighted by atomic mass is 9.87. The van der Waals surface area contributed by atoms with Crippen LogP contribution in [0, 0.1) is 17.8 Å². The molecule has 3 heteroatoms. The third-order valence-corrected chi connectivity index (χ3v) is 3.92. The van der Waals surface area contributed by atoms with Crippen molar-refractivity contribution in [3.63, 3.8) is 0 Å². The average Bonchev–Trinajstić information content (AvgIpc) is 2.79. The van der Waals surface area contributed by atoms with Crippen LogP contribution in [0.25, 0.3) is 0 Å². The van der Waals surface area contributed by atoms with E-state index in [1.807, 2.05) is 6.92 Å². The summed E-state index contributed by atoms with van der Waals surface area (Å²) in [5, 5.41) is 0. The molecule has 14 heavy (non-hydrogen) atoms. The third kappa shape index (κ3) is 2.27. The molecule has 0 radical (unpaired) electrons. The highest BCUT2D eigenvalue weighted by molar-refractivity contribution is 4.89. The quantitative estimate of drug-likeness (QED) is 0.544. The number of rotatable bonds is 5. The first kappa shape index (κ1) is 10.4. The zero-order chi connectivity index (χ0) is 9.97. The van der Waals surface area contributed by atoms with Crippen molar-refractivity contribution in [2.24, 2.45) is 23.7 Å². The Morgan fingerprint density at radius 2 is 2.21 bits per heavy atom. The van der Waals surface area contributed by atoms with Gasteiger partial charge in [-0.15, -0.1) is 0 Å². The molecule has 2 fully saturated rings. The number of hydrogen-bond acceptors (Lipinski definition) is 3. The Kier molecular flexibility index (Phi) is 3.42. The van der Waals surface area contributed by atoms with Crippen molar-refractivity contribution in [2.75, 3.05) is 6.61 Å². The van der Waals surface area contributed by atoms with Crippen LogP contribution in [0.3, 0.4) is 0 Å². The molecule has 4 unspecified atom stereocenters. The van der Waals surface area contributed by atoms with Gasteiger partial charge in [-0.2, -0.15) is 0 Å². The van der Waals surface area contributed by atoms with Crippen LogP contribution >= 0.6 is 0 Å². The Morgan fingerprint density at radius 1 is 1.36 bits per heavy atom. The van der Waals surface area contributed by atoms with E-state index in [1.54, 1.807) is 0 Å². The molecule has 0 saturated heterocycles. The van der Waals surface area contributed by atoms with Gasteiger partial charge in [0.05, 0.1) is 6.61 Å². The first-order valence-electron chi connectivity index (χ1n) is 5.76. The molecule has 0 aromatic rings. The van der Waals surface area contributed by atoms with Gasteiger partial charge in [0.15, 0.2) is 6.29 Å². The third-order valence-electron chi connectivity index (χ3n) is 3.92. The van der Waals surface area contributed by atoms with Crippen LogP contribution in [0.1, 0.15) is 39.0 Å². The second-order valence-electron chi connectivity index (χ2n) is 4.80. The van der Waals surface area contributed by atoms with Gasteiger partial charge < -0.3 is 4.74 Å². The Balaban J connectivity index is 1.62. The van der Waals surface area contributed by atoms with Crippen LogP contribution in [0.2, 0.25) is 0 Å². The molecule has 0 amide bonds. The van der Waals surface area contributed by atoms with E-state index in [1.165, 1.54) is 32.1 Å². The molecule has 2 N–H and O–H groups in total. The van der Waals surface area contributed by atoms with Gasteiger partial charge in [0.25, 0.3) is 0 Å². The van der Waals surface area contributed by atoms with E-state index in [9.17, 15) is 0 Å². The van der Waals surface area contributed by atoms with Crippen molar-refractivity contribution in [3.05, 3.63) is 0 Å².